The van der Waals surface area contributed by atoms with Crippen molar-refractivity contribution in [2.24, 2.45) is 4.99 Å². The maximum absolute atomic E-state index is 13.5. The molecular weight excluding hydrogens is 763 g/mol. The van der Waals surface area contributed by atoms with E-state index in [-0.39, 0.29) is 55.9 Å². The van der Waals surface area contributed by atoms with Gasteiger partial charge in [0.2, 0.25) is 23.6 Å². The number of para-hydroxylation sites is 1. The van der Waals surface area contributed by atoms with Crippen LogP contribution in [-0.2, 0) is 38.0 Å². The van der Waals surface area contributed by atoms with Crippen molar-refractivity contribution in [2.45, 2.75) is 173 Å². The lowest BCUT2D eigenvalue weighted by atomic mass is 10.0. The van der Waals surface area contributed by atoms with Gasteiger partial charge >= 0.3 is 5.97 Å². The lowest BCUT2D eigenvalue weighted by Crippen LogP contribution is -2.48. The Bertz CT molecular complexity index is 1460. The molecule has 1 saturated heterocycles. The number of ether oxygens (including phenoxy) is 2. The number of phenolic OH excluding ortho intramolecular Hbond substituents is 1. The van der Waals surface area contributed by atoms with Crippen LogP contribution in [0.4, 0.5) is 0 Å². The Balaban J connectivity index is 1.45. The number of aliphatic imine (C=N–C) groups is 1. The molecule has 2 aliphatic heterocycles. The Morgan fingerprint density at radius 1 is 0.966 bits per heavy atom. The summed E-state index contributed by atoms with van der Waals surface area (Å²) in [7, 11) is 2.88. The molecule has 3 rings (SSSR count). The largest absolute Gasteiger partial charge is 0.507 e. The topological polar surface area (TPSA) is 196 Å². The fourth-order valence-corrected chi connectivity index (χ4v) is 7.24. The molecule has 0 spiro atoms. The number of unbranched alkanes of at least 4 members (excludes halogenated alkanes) is 13. The van der Waals surface area contributed by atoms with Gasteiger partial charge in [-0.05, 0) is 64.0 Å². The first kappa shape index (κ1) is 48.3. The molecule has 0 unspecified atom stereocenters. The molecule has 2 aliphatic rings. The van der Waals surface area contributed by atoms with Crippen LogP contribution < -0.4 is 10.6 Å². The molecule has 0 aromatic heterocycles. The van der Waals surface area contributed by atoms with E-state index in [9.17, 15) is 34.3 Å². The standard InChI is InChI=1S/C42H66N5O10Si/c1-3-4-5-6-7-8-9-10-11-12-13-14-15-26-38(50)46(54)27-20-18-24-34(44-39(51)35-30-55-40(45-35)32-22-16-17-25-36(32)48)42(53)56-31(2)29-37(49)43-33-23-19-21-28-47(57-58)41(33)52/h16-17,22,25,31,33-35,48,54H,3-15,18-21,23-24,26-30H2,1-2H3,(H,43,49)(H,44,51)/t31-,33+,34+,35-/m1/s1. The summed E-state index contributed by atoms with van der Waals surface area (Å²) in [6.07, 6.45) is 17.4. The van der Waals surface area contributed by atoms with Crippen molar-refractivity contribution in [2.75, 3.05) is 19.7 Å². The Kier molecular flexibility index (Phi) is 23.0. The number of nitrogens with one attached hydrogen (secondary N) is 2. The molecule has 58 heavy (non-hydrogen) atoms. The second kappa shape index (κ2) is 27.6. The smallest absolute Gasteiger partial charge is 0.328 e. The van der Waals surface area contributed by atoms with Gasteiger partial charge in [0.1, 0.15) is 30.5 Å². The van der Waals surface area contributed by atoms with Gasteiger partial charge in [0.25, 0.3) is 16.4 Å². The fourth-order valence-electron chi connectivity index (χ4n) is 7.06. The normalized spacial score (nSPS) is 17.8. The number of carbonyl (C=O) groups is 5. The summed E-state index contributed by atoms with van der Waals surface area (Å²) in [5.41, 5.74) is 0.330. The summed E-state index contributed by atoms with van der Waals surface area (Å²) in [5, 5.41) is 27.9. The number of hydrogen-bond donors (Lipinski definition) is 4. The summed E-state index contributed by atoms with van der Waals surface area (Å²) in [6, 6.07) is 3.51. The van der Waals surface area contributed by atoms with E-state index in [1.807, 2.05) is 0 Å². The van der Waals surface area contributed by atoms with Crippen LogP contribution in [0.3, 0.4) is 0 Å². The van der Waals surface area contributed by atoms with E-state index in [2.05, 4.69) is 33.0 Å². The zero-order chi connectivity index (χ0) is 42.1. The van der Waals surface area contributed by atoms with Crippen LogP contribution in [0.2, 0.25) is 0 Å². The van der Waals surface area contributed by atoms with Gasteiger partial charge in [0.05, 0.1) is 12.0 Å². The number of hydroxylamine groups is 4. The number of carbonyl (C=O) groups excluding carboxylic acids is 5. The molecule has 1 aromatic carbocycles. The predicted molar refractivity (Wildman–Crippen MR) is 218 cm³/mol. The minimum absolute atomic E-state index is 0.0559. The van der Waals surface area contributed by atoms with Crippen LogP contribution in [0.1, 0.15) is 154 Å². The van der Waals surface area contributed by atoms with Crippen molar-refractivity contribution in [3.8, 4) is 5.75 Å². The molecular formula is C42H66N5O10Si. The molecule has 0 aliphatic carbocycles. The molecule has 1 fully saturated rings. The number of benzene rings is 1. The highest BCUT2D eigenvalue weighted by Gasteiger charge is 2.33. The lowest BCUT2D eigenvalue weighted by Gasteiger charge is -2.24. The zero-order valence-electron chi connectivity index (χ0n) is 34.6. The summed E-state index contributed by atoms with van der Waals surface area (Å²) in [6.45, 7) is 4.12. The molecule has 3 radical (unpaired) electrons. The summed E-state index contributed by atoms with van der Waals surface area (Å²) < 4.78 is 16.1. The quantitative estimate of drug-likeness (QED) is 0.0267. The number of hydrogen-bond acceptors (Lipinski definition) is 11. The van der Waals surface area contributed by atoms with Crippen molar-refractivity contribution in [1.29, 1.82) is 0 Å². The average molecular weight is 829 g/mol. The van der Waals surface area contributed by atoms with E-state index in [1.165, 1.54) is 63.9 Å². The number of phenols is 1. The second-order valence-electron chi connectivity index (χ2n) is 15.4. The highest BCUT2D eigenvalue weighted by Crippen LogP contribution is 2.22. The van der Waals surface area contributed by atoms with E-state index in [0.717, 1.165) is 29.4 Å². The maximum Gasteiger partial charge on any atom is 0.328 e. The molecule has 323 valence electrons. The van der Waals surface area contributed by atoms with Crippen molar-refractivity contribution < 1.29 is 48.3 Å². The lowest BCUT2D eigenvalue weighted by molar-refractivity contribution is -0.165. The van der Waals surface area contributed by atoms with Gasteiger partial charge in [-0.3, -0.25) is 24.4 Å². The minimum atomic E-state index is -1.14. The van der Waals surface area contributed by atoms with E-state index in [1.54, 1.807) is 25.1 Å². The van der Waals surface area contributed by atoms with Gasteiger partial charge in [-0.2, -0.15) is 0 Å². The first-order valence-corrected chi connectivity index (χ1v) is 21.9. The number of rotatable bonds is 28. The molecule has 4 amide bonds. The van der Waals surface area contributed by atoms with Crippen LogP contribution in [-0.4, -0.2) is 110 Å². The third-order valence-electron chi connectivity index (χ3n) is 10.5. The summed E-state index contributed by atoms with van der Waals surface area (Å²) in [4.78, 5) is 69.2. The van der Waals surface area contributed by atoms with Gasteiger partial charge in [-0.25, -0.2) is 19.9 Å². The SMILES string of the molecule is CCCCCCCCCCCCCCCC(=O)N(O)CCCC[C@H](NC(=O)[C@H]1COC(c2ccccc2O)=N1)C(=O)O[C@H](C)CC(=O)N[C@H]1CCCCN(O[Si])C1=O. The third kappa shape index (κ3) is 17.9. The van der Waals surface area contributed by atoms with Crippen LogP contribution in [0.5, 0.6) is 5.75 Å². The van der Waals surface area contributed by atoms with Crippen LogP contribution in [0, 0.1) is 0 Å². The first-order chi connectivity index (χ1) is 28.0. The molecule has 15 nitrogen and oxygen atoms in total. The van der Waals surface area contributed by atoms with Crippen LogP contribution in [0.15, 0.2) is 29.3 Å². The van der Waals surface area contributed by atoms with Gasteiger partial charge < -0.3 is 29.7 Å². The van der Waals surface area contributed by atoms with E-state index in [4.69, 9.17) is 14.0 Å². The molecule has 1 aromatic rings. The van der Waals surface area contributed by atoms with Crippen molar-refractivity contribution in [1.82, 2.24) is 20.8 Å². The predicted octanol–water partition coefficient (Wildman–Crippen LogP) is 5.73. The minimum Gasteiger partial charge on any atom is -0.507 e. The van der Waals surface area contributed by atoms with Gasteiger partial charge in [0, 0.05) is 19.5 Å². The Labute approximate surface area is 347 Å². The molecule has 16 heteroatoms. The molecule has 0 saturated carbocycles. The van der Waals surface area contributed by atoms with E-state index < -0.39 is 42.0 Å². The fraction of sp³-hybridized carbons (Fsp3) is 0.714. The molecule has 4 atom stereocenters. The average Bonchev–Trinajstić information content (AvgIpc) is 3.63. The first-order valence-electron chi connectivity index (χ1n) is 21.5. The number of nitrogens with zero attached hydrogens (tertiary/aromatic N) is 3. The van der Waals surface area contributed by atoms with Crippen molar-refractivity contribution in [3.05, 3.63) is 29.8 Å². The molecule has 4 N–H and O–H groups in total. The Morgan fingerprint density at radius 3 is 2.28 bits per heavy atom. The third-order valence-corrected chi connectivity index (χ3v) is 10.7. The Morgan fingerprint density at radius 2 is 1.62 bits per heavy atom. The van der Waals surface area contributed by atoms with Gasteiger partial charge in [0.15, 0.2) is 6.04 Å². The summed E-state index contributed by atoms with van der Waals surface area (Å²) in [5.74, 6) is -2.56. The number of aromatic hydroxyl groups is 1. The maximum atomic E-state index is 13.5. The van der Waals surface area contributed by atoms with E-state index >= 15 is 0 Å². The van der Waals surface area contributed by atoms with Crippen molar-refractivity contribution in [3.63, 3.8) is 0 Å². The van der Waals surface area contributed by atoms with Gasteiger partial charge in [-0.15, -0.1) is 0 Å². The summed E-state index contributed by atoms with van der Waals surface area (Å²) >= 11 is 0. The van der Waals surface area contributed by atoms with Crippen LogP contribution >= 0.6 is 0 Å². The second-order valence-corrected chi connectivity index (χ2v) is 15.6. The van der Waals surface area contributed by atoms with Crippen LogP contribution in [0.25, 0.3) is 0 Å². The zero-order valence-corrected chi connectivity index (χ0v) is 35.6. The van der Waals surface area contributed by atoms with Gasteiger partial charge in [-0.1, -0.05) is 96.1 Å². The van der Waals surface area contributed by atoms with E-state index in [0.29, 0.717) is 50.6 Å². The monoisotopic (exact) mass is 828 g/mol. The molecule has 2 heterocycles. The molecule has 0 bridgehead atoms. The Hall–Kier alpha value is -4.02. The highest BCUT2D eigenvalue weighted by atomic mass is 28.2. The van der Waals surface area contributed by atoms with Crippen molar-refractivity contribution >= 4 is 46.0 Å². The highest BCUT2D eigenvalue weighted by molar-refractivity contribution is 6.01. The number of esters is 1. The number of amides is 4.